The maximum atomic E-state index is 13.0. The van der Waals surface area contributed by atoms with Crippen molar-refractivity contribution < 1.29 is 13.9 Å². The zero-order chi connectivity index (χ0) is 20.8. The number of hydrogen-bond acceptors (Lipinski definition) is 6. The van der Waals surface area contributed by atoms with Gasteiger partial charge in [-0.2, -0.15) is 0 Å². The molecule has 0 radical (unpaired) electrons. The first kappa shape index (κ1) is 21.6. The molecule has 1 aliphatic rings. The number of amides is 1. The van der Waals surface area contributed by atoms with Crippen LogP contribution in [0.4, 0.5) is 10.3 Å². The number of nitrogens with one attached hydrogen (secondary N) is 1. The molecule has 0 saturated carbocycles. The molecule has 1 amide bonds. The number of carbonyl (C=O) groups is 1. The van der Waals surface area contributed by atoms with Crippen molar-refractivity contribution in [1.82, 2.24) is 20.1 Å². The molecule has 9 heteroatoms. The Balaban J connectivity index is 1.65. The van der Waals surface area contributed by atoms with Crippen LogP contribution >= 0.6 is 11.8 Å². The number of anilines is 1. The van der Waals surface area contributed by atoms with Crippen LogP contribution in [0, 0.1) is 11.7 Å². The minimum Gasteiger partial charge on any atom is -0.378 e. The summed E-state index contributed by atoms with van der Waals surface area (Å²) in [7, 11) is 0. The summed E-state index contributed by atoms with van der Waals surface area (Å²) in [5, 5.41) is 12.1. The smallest absolute Gasteiger partial charge is 0.233 e. The predicted molar refractivity (Wildman–Crippen MR) is 111 cm³/mol. The Kier molecular flexibility index (Phi) is 7.49. The summed E-state index contributed by atoms with van der Waals surface area (Å²) < 4.78 is 20.5. The molecular formula is C20H28FN5O2S. The molecule has 1 fully saturated rings. The molecular weight excluding hydrogens is 393 g/mol. The van der Waals surface area contributed by atoms with Crippen molar-refractivity contribution in [2.45, 2.75) is 44.3 Å². The van der Waals surface area contributed by atoms with Crippen LogP contribution in [0.1, 0.15) is 26.3 Å². The lowest BCUT2D eigenvalue weighted by molar-refractivity contribution is -0.120. The van der Waals surface area contributed by atoms with Crippen molar-refractivity contribution >= 4 is 23.6 Å². The fraction of sp³-hybridized carbons (Fsp3) is 0.550. The highest BCUT2D eigenvalue weighted by molar-refractivity contribution is 8.00. The van der Waals surface area contributed by atoms with E-state index >= 15 is 0 Å². The van der Waals surface area contributed by atoms with Crippen LogP contribution in [-0.2, 0) is 22.6 Å². The van der Waals surface area contributed by atoms with Gasteiger partial charge in [-0.05, 0) is 30.5 Å². The van der Waals surface area contributed by atoms with Crippen molar-refractivity contribution in [3.8, 4) is 0 Å². The van der Waals surface area contributed by atoms with E-state index in [1.165, 1.54) is 23.9 Å². The van der Waals surface area contributed by atoms with Crippen molar-refractivity contribution in [2.75, 3.05) is 31.2 Å². The molecule has 1 N–H and O–H groups in total. The third-order valence-electron chi connectivity index (χ3n) is 4.57. The number of halogens is 1. The Hall–Kier alpha value is -2.13. The van der Waals surface area contributed by atoms with Crippen molar-refractivity contribution in [3.63, 3.8) is 0 Å². The number of nitrogens with zero attached hydrogens (tertiary/aromatic N) is 4. The second-order valence-corrected chi connectivity index (χ2v) is 8.80. The van der Waals surface area contributed by atoms with Gasteiger partial charge < -0.3 is 15.0 Å². The summed E-state index contributed by atoms with van der Waals surface area (Å²) in [6.07, 6.45) is 0. The molecule has 3 rings (SSSR count). The lowest BCUT2D eigenvalue weighted by Crippen LogP contribution is -2.38. The molecule has 0 bridgehead atoms. The highest BCUT2D eigenvalue weighted by atomic mass is 32.2. The Bertz CT molecular complexity index is 806. The number of aromatic nitrogens is 3. The van der Waals surface area contributed by atoms with Gasteiger partial charge in [0.15, 0.2) is 5.16 Å². The van der Waals surface area contributed by atoms with Gasteiger partial charge in [-0.1, -0.05) is 37.7 Å². The van der Waals surface area contributed by atoms with Gasteiger partial charge >= 0.3 is 0 Å². The van der Waals surface area contributed by atoms with Gasteiger partial charge in [-0.3, -0.25) is 9.36 Å². The summed E-state index contributed by atoms with van der Waals surface area (Å²) in [5.74, 6) is 0.882. The lowest BCUT2D eigenvalue weighted by Gasteiger charge is -2.28. The Morgan fingerprint density at radius 3 is 2.55 bits per heavy atom. The SMILES string of the molecule is CC(C)Cn1c(SC(C)C(=O)NCc2ccc(F)cc2)nnc1N1CCOCC1. The summed E-state index contributed by atoms with van der Waals surface area (Å²) >= 11 is 1.40. The van der Waals surface area contributed by atoms with Crippen LogP contribution < -0.4 is 10.2 Å². The van der Waals surface area contributed by atoms with Crippen LogP contribution in [0.2, 0.25) is 0 Å². The number of benzene rings is 1. The molecule has 1 atom stereocenters. The number of ether oxygens (including phenoxy) is 1. The van der Waals surface area contributed by atoms with Crippen molar-refractivity contribution in [2.24, 2.45) is 5.92 Å². The topological polar surface area (TPSA) is 72.3 Å². The van der Waals surface area contributed by atoms with Crippen LogP contribution in [0.15, 0.2) is 29.4 Å². The summed E-state index contributed by atoms with van der Waals surface area (Å²) in [6, 6.07) is 6.12. The quantitative estimate of drug-likeness (QED) is 0.661. The first-order valence-electron chi connectivity index (χ1n) is 9.88. The molecule has 7 nitrogen and oxygen atoms in total. The summed E-state index contributed by atoms with van der Waals surface area (Å²) in [5.41, 5.74) is 0.856. The van der Waals surface area contributed by atoms with E-state index in [9.17, 15) is 9.18 Å². The molecule has 1 aliphatic heterocycles. The average molecular weight is 422 g/mol. The molecule has 0 spiro atoms. The standard InChI is InChI=1S/C20H28FN5O2S/c1-14(2)13-26-19(25-8-10-28-11-9-25)23-24-20(26)29-15(3)18(27)22-12-16-4-6-17(21)7-5-16/h4-7,14-15H,8-13H2,1-3H3,(H,22,27). The molecule has 1 unspecified atom stereocenters. The minimum atomic E-state index is -0.330. The van der Waals surface area contributed by atoms with E-state index in [1.54, 1.807) is 12.1 Å². The third-order valence-corrected chi connectivity index (χ3v) is 5.65. The van der Waals surface area contributed by atoms with Crippen LogP contribution in [0.5, 0.6) is 0 Å². The Morgan fingerprint density at radius 1 is 1.21 bits per heavy atom. The largest absolute Gasteiger partial charge is 0.378 e. The van der Waals surface area contributed by atoms with Crippen molar-refractivity contribution in [3.05, 3.63) is 35.6 Å². The van der Waals surface area contributed by atoms with E-state index < -0.39 is 0 Å². The first-order valence-corrected chi connectivity index (χ1v) is 10.8. The van der Waals surface area contributed by atoms with Gasteiger partial charge in [0.2, 0.25) is 11.9 Å². The molecule has 1 aromatic heterocycles. The average Bonchev–Trinajstić information content (AvgIpc) is 3.09. The second kappa shape index (κ2) is 10.1. The first-order chi connectivity index (χ1) is 13.9. The molecule has 2 heterocycles. The zero-order valence-electron chi connectivity index (χ0n) is 17.1. The number of hydrogen-bond donors (Lipinski definition) is 1. The molecule has 29 heavy (non-hydrogen) atoms. The van der Waals surface area contributed by atoms with E-state index in [4.69, 9.17) is 4.74 Å². The Morgan fingerprint density at radius 2 is 1.90 bits per heavy atom. The van der Waals surface area contributed by atoms with E-state index in [-0.39, 0.29) is 17.0 Å². The molecule has 1 saturated heterocycles. The van der Waals surface area contributed by atoms with E-state index in [0.717, 1.165) is 36.3 Å². The fourth-order valence-corrected chi connectivity index (χ4v) is 3.92. The number of morpholine rings is 1. The van der Waals surface area contributed by atoms with Crippen LogP contribution in [-0.4, -0.2) is 52.2 Å². The van der Waals surface area contributed by atoms with E-state index in [0.29, 0.717) is 25.7 Å². The van der Waals surface area contributed by atoms with Crippen LogP contribution in [0.3, 0.4) is 0 Å². The molecule has 1 aromatic carbocycles. The maximum absolute atomic E-state index is 13.0. The number of rotatable bonds is 8. The predicted octanol–water partition coefficient (Wildman–Crippen LogP) is 2.71. The highest BCUT2D eigenvalue weighted by Crippen LogP contribution is 2.27. The van der Waals surface area contributed by atoms with Crippen LogP contribution in [0.25, 0.3) is 0 Å². The summed E-state index contributed by atoms with van der Waals surface area (Å²) in [4.78, 5) is 14.7. The van der Waals surface area contributed by atoms with Gasteiger partial charge in [0.05, 0.1) is 18.5 Å². The van der Waals surface area contributed by atoms with E-state index in [2.05, 4.69) is 38.8 Å². The normalized spacial score (nSPS) is 15.6. The van der Waals surface area contributed by atoms with Gasteiger partial charge in [0, 0.05) is 26.2 Å². The van der Waals surface area contributed by atoms with Gasteiger partial charge in [-0.15, -0.1) is 10.2 Å². The Labute approximate surface area is 175 Å². The third kappa shape index (κ3) is 5.93. The number of thioether (sulfide) groups is 1. The highest BCUT2D eigenvalue weighted by Gasteiger charge is 2.24. The van der Waals surface area contributed by atoms with Gasteiger partial charge in [0.1, 0.15) is 5.82 Å². The monoisotopic (exact) mass is 421 g/mol. The molecule has 0 aliphatic carbocycles. The minimum absolute atomic E-state index is 0.0913. The zero-order valence-corrected chi connectivity index (χ0v) is 17.9. The maximum Gasteiger partial charge on any atom is 0.233 e. The van der Waals surface area contributed by atoms with E-state index in [1.807, 2.05) is 6.92 Å². The second-order valence-electron chi connectivity index (χ2n) is 7.49. The summed E-state index contributed by atoms with van der Waals surface area (Å²) in [6.45, 7) is 10.2. The van der Waals surface area contributed by atoms with Crippen molar-refractivity contribution in [1.29, 1.82) is 0 Å². The van der Waals surface area contributed by atoms with Gasteiger partial charge in [-0.25, -0.2) is 4.39 Å². The number of carbonyl (C=O) groups excluding carboxylic acids is 1. The molecule has 2 aromatic rings. The fourth-order valence-electron chi connectivity index (χ4n) is 3.04. The lowest BCUT2D eigenvalue weighted by atomic mass is 10.2. The van der Waals surface area contributed by atoms with Gasteiger partial charge in [0.25, 0.3) is 0 Å². The molecule has 158 valence electrons.